The number of carbonyl (C=O) groups is 1. The molecule has 0 unspecified atom stereocenters. The van der Waals surface area contributed by atoms with E-state index in [1.165, 1.54) is 11.8 Å². The van der Waals surface area contributed by atoms with Crippen molar-refractivity contribution in [2.45, 2.75) is 5.16 Å². The first-order valence-electron chi connectivity index (χ1n) is 8.72. The van der Waals surface area contributed by atoms with Crippen LogP contribution < -0.4 is 15.0 Å². The van der Waals surface area contributed by atoms with Crippen LogP contribution in [-0.4, -0.2) is 47.6 Å². The number of thioether (sulfide) groups is 1. The summed E-state index contributed by atoms with van der Waals surface area (Å²) in [4.78, 5) is 14.3. The Morgan fingerprint density at radius 1 is 1.18 bits per heavy atom. The number of amides is 1. The fourth-order valence-corrected chi connectivity index (χ4v) is 3.35. The van der Waals surface area contributed by atoms with Gasteiger partial charge in [0.05, 0.1) is 12.9 Å². The lowest BCUT2D eigenvalue weighted by Crippen LogP contribution is -2.14. The molecule has 0 saturated carbocycles. The average molecular weight is 398 g/mol. The summed E-state index contributed by atoms with van der Waals surface area (Å²) in [6.45, 7) is 0. The van der Waals surface area contributed by atoms with Crippen LogP contribution in [0.1, 0.15) is 0 Å². The van der Waals surface area contributed by atoms with E-state index in [1.54, 1.807) is 13.2 Å². The quantitative estimate of drug-likeness (QED) is 0.617. The van der Waals surface area contributed by atoms with Gasteiger partial charge in [-0.1, -0.05) is 30.0 Å². The number of hydrogen-bond donors (Lipinski definition) is 1. The first kappa shape index (κ1) is 19.8. The van der Waals surface area contributed by atoms with Crippen LogP contribution in [0.25, 0.3) is 11.4 Å². The fourth-order valence-electron chi connectivity index (χ4n) is 2.64. The topological polar surface area (TPSA) is 72.3 Å². The van der Waals surface area contributed by atoms with Crippen LogP contribution in [0.2, 0.25) is 0 Å². The molecule has 1 heterocycles. The Bertz CT molecular complexity index is 971. The van der Waals surface area contributed by atoms with Crippen molar-refractivity contribution in [3.05, 3.63) is 48.5 Å². The molecule has 146 valence electrons. The maximum atomic E-state index is 12.3. The van der Waals surface area contributed by atoms with E-state index in [9.17, 15) is 4.79 Å². The van der Waals surface area contributed by atoms with Gasteiger partial charge in [-0.15, -0.1) is 10.2 Å². The van der Waals surface area contributed by atoms with Crippen molar-refractivity contribution in [3.8, 4) is 17.1 Å². The van der Waals surface area contributed by atoms with E-state index in [4.69, 9.17) is 4.74 Å². The second kappa shape index (κ2) is 8.79. The Balaban J connectivity index is 1.66. The molecule has 3 rings (SSSR count). The summed E-state index contributed by atoms with van der Waals surface area (Å²) in [6, 6.07) is 15.4. The Kier molecular flexibility index (Phi) is 6.20. The number of nitrogens with one attached hydrogen (secondary N) is 1. The third-order valence-corrected chi connectivity index (χ3v) is 5.16. The number of hydrogen-bond acceptors (Lipinski definition) is 6. The number of anilines is 2. The lowest BCUT2D eigenvalue weighted by Gasteiger charge is -2.13. The molecule has 0 aliphatic heterocycles. The third kappa shape index (κ3) is 4.64. The molecule has 1 N–H and O–H groups in total. The SMILES string of the molecule is COc1cccc(NC(=O)CSc2nnc(-c3cccc(N(C)C)c3)n2C)c1. The fraction of sp³-hybridized carbons (Fsp3) is 0.250. The molecule has 0 radical (unpaired) electrons. The number of nitrogens with zero attached hydrogens (tertiary/aromatic N) is 4. The maximum Gasteiger partial charge on any atom is 0.234 e. The van der Waals surface area contributed by atoms with Gasteiger partial charge in [-0.05, 0) is 24.3 Å². The average Bonchev–Trinajstić information content (AvgIpc) is 3.07. The predicted octanol–water partition coefficient (Wildman–Crippen LogP) is 3.29. The number of methoxy groups -OCH3 is 1. The molecule has 0 atom stereocenters. The van der Waals surface area contributed by atoms with E-state index in [2.05, 4.69) is 21.6 Å². The summed E-state index contributed by atoms with van der Waals surface area (Å²) >= 11 is 1.35. The molecule has 3 aromatic rings. The van der Waals surface area contributed by atoms with Crippen molar-refractivity contribution in [2.24, 2.45) is 7.05 Å². The first-order valence-corrected chi connectivity index (χ1v) is 9.70. The van der Waals surface area contributed by atoms with Gasteiger partial charge in [0.1, 0.15) is 5.75 Å². The second-order valence-electron chi connectivity index (χ2n) is 6.38. The van der Waals surface area contributed by atoms with E-state index in [0.29, 0.717) is 16.6 Å². The number of benzene rings is 2. The van der Waals surface area contributed by atoms with E-state index >= 15 is 0 Å². The second-order valence-corrected chi connectivity index (χ2v) is 7.32. The van der Waals surface area contributed by atoms with Crippen molar-refractivity contribution in [1.82, 2.24) is 14.8 Å². The van der Waals surface area contributed by atoms with Crippen molar-refractivity contribution in [1.29, 1.82) is 0 Å². The molecule has 0 bridgehead atoms. The van der Waals surface area contributed by atoms with Gasteiger partial charge < -0.3 is 19.5 Å². The monoisotopic (exact) mass is 397 g/mol. The summed E-state index contributed by atoms with van der Waals surface area (Å²) in [5.41, 5.74) is 2.77. The van der Waals surface area contributed by atoms with E-state index in [-0.39, 0.29) is 11.7 Å². The van der Waals surface area contributed by atoms with E-state index in [0.717, 1.165) is 17.1 Å². The third-order valence-electron chi connectivity index (χ3n) is 4.14. The predicted molar refractivity (Wildman–Crippen MR) is 113 cm³/mol. The molecule has 1 aromatic heterocycles. The molecule has 0 fully saturated rings. The lowest BCUT2D eigenvalue weighted by atomic mass is 10.2. The molecule has 7 nitrogen and oxygen atoms in total. The van der Waals surface area contributed by atoms with Crippen LogP contribution in [-0.2, 0) is 11.8 Å². The van der Waals surface area contributed by atoms with Crippen LogP contribution in [0.3, 0.4) is 0 Å². The van der Waals surface area contributed by atoms with Crippen molar-refractivity contribution < 1.29 is 9.53 Å². The molecule has 0 aliphatic rings. The van der Waals surface area contributed by atoms with Crippen LogP contribution in [0.4, 0.5) is 11.4 Å². The molecule has 0 aliphatic carbocycles. The number of aromatic nitrogens is 3. The minimum absolute atomic E-state index is 0.114. The molecule has 8 heteroatoms. The van der Waals surface area contributed by atoms with Crippen molar-refractivity contribution >= 4 is 29.0 Å². The van der Waals surface area contributed by atoms with Gasteiger partial charge in [0.2, 0.25) is 5.91 Å². The van der Waals surface area contributed by atoms with Crippen LogP contribution >= 0.6 is 11.8 Å². The molecule has 2 aromatic carbocycles. The minimum Gasteiger partial charge on any atom is -0.497 e. The largest absolute Gasteiger partial charge is 0.497 e. The zero-order chi connectivity index (χ0) is 20.1. The summed E-state index contributed by atoms with van der Waals surface area (Å²) in [7, 11) is 7.49. The Morgan fingerprint density at radius 3 is 2.71 bits per heavy atom. The van der Waals surface area contributed by atoms with Crippen LogP contribution in [0.5, 0.6) is 5.75 Å². The van der Waals surface area contributed by atoms with Gasteiger partial charge in [0, 0.05) is 44.1 Å². The number of rotatable bonds is 7. The zero-order valence-electron chi connectivity index (χ0n) is 16.3. The Labute approximate surface area is 168 Å². The minimum atomic E-state index is -0.114. The summed E-state index contributed by atoms with van der Waals surface area (Å²) in [5, 5.41) is 12.1. The smallest absolute Gasteiger partial charge is 0.234 e. The molecule has 0 spiro atoms. The van der Waals surface area contributed by atoms with Crippen molar-refractivity contribution in [2.75, 3.05) is 37.2 Å². The Hall–Kier alpha value is -3.00. The van der Waals surface area contributed by atoms with E-state index < -0.39 is 0 Å². The highest BCUT2D eigenvalue weighted by Gasteiger charge is 2.14. The lowest BCUT2D eigenvalue weighted by molar-refractivity contribution is -0.113. The summed E-state index contributed by atoms with van der Waals surface area (Å²) < 4.78 is 7.07. The van der Waals surface area contributed by atoms with Gasteiger partial charge in [-0.25, -0.2) is 0 Å². The van der Waals surface area contributed by atoms with Gasteiger partial charge in [0.25, 0.3) is 0 Å². The summed E-state index contributed by atoms with van der Waals surface area (Å²) in [6.07, 6.45) is 0. The summed E-state index contributed by atoms with van der Waals surface area (Å²) in [5.74, 6) is 1.58. The highest BCUT2D eigenvalue weighted by Crippen LogP contribution is 2.25. The standard InChI is InChI=1S/C20H23N5O2S/c1-24(2)16-9-5-7-14(11-16)19-22-23-20(25(19)3)28-13-18(26)21-15-8-6-10-17(12-15)27-4/h5-12H,13H2,1-4H3,(H,21,26). The molecule has 28 heavy (non-hydrogen) atoms. The first-order chi connectivity index (χ1) is 13.5. The molecule has 0 saturated heterocycles. The van der Waals surface area contributed by atoms with Gasteiger partial charge in [-0.3, -0.25) is 4.79 Å². The molecular formula is C20H23N5O2S. The van der Waals surface area contributed by atoms with Gasteiger partial charge in [-0.2, -0.15) is 0 Å². The number of ether oxygens (including phenoxy) is 1. The van der Waals surface area contributed by atoms with E-state index in [1.807, 2.05) is 67.0 Å². The van der Waals surface area contributed by atoms with Gasteiger partial charge >= 0.3 is 0 Å². The zero-order valence-corrected chi connectivity index (χ0v) is 17.2. The molecule has 1 amide bonds. The Morgan fingerprint density at radius 2 is 1.96 bits per heavy atom. The highest BCUT2D eigenvalue weighted by atomic mass is 32.2. The van der Waals surface area contributed by atoms with Crippen molar-refractivity contribution in [3.63, 3.8) is 0 Å². The molecular weight excluding hydrogens is 374 g/mol. The maximum absolute atomic E-state index is 12.3. The highest BCUT2D eigenvalue weighted by molar-refractivity contribution is 7.99. The van der Waals surface area contributed by atoms with Crippen LogP contribution in [0, 0.1) is 0 Å². The normalized spacial score (nSPS) is 10.6. The van der Waals surface area contributed by atoms with Gasteiger partial charge in [0.15, 0.2) is 11.0 Å². The van der Waals surface area contributed by atoms with Crippen LogP contribution in [0.15, 0.2) is 53.7 Å². The number of carbonyl (C=O) groups excluding carboxylic acids is 1.